The zero-order valence-corrected chi connectivity index (χ0v) is 19.0. The molecule has 2 fully saturated rings. The summed E-state index contributed by atoms with van der Waals surface area (Å²) in [6.07, 6.45) is 3.72. The Hall–Kier alpha value is -3.35. The van der Waals surface area contributed by atoms with Crippen molar-refractivity contribution >= 4 is 5.97 Å². The van der Waals surface area contributed by atoms with Gasteiger partial charge in [-0.25, -0.2) is 4.79 Å². The molecule has 6 heteroatoms. The highest BCUT2D eigenvalue weighted by Crippen LogP contribution is 2.25. The number of ether oxygens (including phenoxy) is 5. The molecule has 2 aliphatic rings. The lowest BCUT2D eigenvalue weighted by Crippen LogP contribution is -2.08. The molecule has 2 aliphatic heterocycles. The summed E-state index contributed by atoms with van der Waals surface area (Å²) in [5.41, 5.74) is 2.57. The van der Waals surface area contributed by atoms with Crippen LogP contribution in [0.2, 0.25) is 0 Å². The molecule has 0 aromatic heterocycles. The maximum atomic E-state index is 12.5. The maximum Gasteiger partial charge on any atom is 0.343 e. The lowest BCUT2D eigenvalue weighted by Gasteiger charge is -2.09. The highest BCUT2D eigenvalue weighted by atomic mass is 16.6. The fourth-order valence-electron chi connectivity index (χ4n) is 3.59. The molecule has 0 saturated carbocycles. The Kier molecular flexibility index (Phi) is 7.08. The summed E-state index contributed by atoms with van der Waals surface area (Å²) in [4.78, 5) is 12.5. The predicted molar refractivity (Wildman–Crippen MR) is 128 cm³/mol. The van der Waals surface area contributed by atoms with Crippen LogP contribution in [-0.4, -0.2) is 44.6 Å². The molecule has 176 valence electrons. The monoisotopic (exact) mass is 460 g/mol. The van der Waals surface area contributed by atoms with Gasteiger partial charge in [-0.05, 0) is 72.5 Å². The van der Waals surface area contributed by atoms with E-state index in [1.807, 2.05) is 48.5 Å². The van der Waals surface area contributed by atoms with Crippen LogP contribution in [0, 0.1) is 0 Å². The molecule has 2 saturated heterocycles. The number of esters is 1. The van der Waals surface area contributed by atoms with Crippen LogP contribution >= 0.6 is 0 Å². The number of carbonyl (C=O) groups is 1. The molecule has 0 amide bonds. The van der Waals surface area contributed by atoms with E-state index in [9.17, 15) is 4.79 Å². The molecule has 6 nitrogen and oxygen atoms in total. The van der Waals surface area contributed by atoms with Gasteiger partial charge in [0.1, 0.15) is 17.2 Å². The molecule has 0 spiro atoms. The molecular weight excluding hydrogens is 432 g/mol. The second kappa shape index (κ2) is 10.7. The molecule has 3 aromatic carbocycles. The molecule has 0 aliphatic carbocycles. The first-order valence-corrected chi connectivity index (χ1v) is 11.7. The summed E-state index contributed by atoms with van der Waals surface area (Å²) in [5.74, 6) is 1.69. The van der Waals surface area contributed by atoms with Gasteiger partial charge in [0.15, 0.2) is 0 Å². The van der Waals surface area contributed by atoms with E-state index in [0.717, 1.165) is 55.1 Å². The van der Waals surface area contributed by atoms with Crippen LogP contribution in [0.25, 0.3) is 11.1 Å². The van der Waals surface area contributed by atoms with Crippen LogP contribution in [-0.2, 0) is 9.47 Å². The van der Waals surface area contributed by atoms with Crippen molar-refractivity contribution in [3.63, 3.8) is 0 Å². The van der Waals surface area contributed by atoms with Crippen LogP contribution in [0.5, 0.6) is 17.2 Å². The van der Waals surface area contributed by atoms with Gasteiger partial charge in [-0.15, -0.1) is 0 Å². The highest BCUT2D eigenvalue weighted by molar-refractivity contribution is 5.91. The van der Waals surface area contributed by atoms with Crippen molar-refractivity contribution in [2.75, 3.05) is 26.4 Å². The smallest absolute Gasteiger partial charge is 0.343 e. The average Bonchev–Trinajstić information content (AvgIpc) is 3.80. The Morgan fingerprint density at radius 3 is 1.79 bits per heavy atom. The van der Waals surface area contributed by atoms with E-state index < -0.39 is 5.97 Å². The minimum Gasteiger partial charge on any atom is -0.494 e. The van der Waals surface area contributed by atoms with Gasteiger partial charge in [0.2, 0.25) is 0 Å². The normalized spacial score (nSPS) is 18.2. The summed E-state index contributed by atoms with van der Waals surface area (Å²) in [7, 11) is 0. The lowest BCUT2D eigenvalue weighted by molar-refractivity contribution is 0.0734. The SMILES string of the molecule is O=C(Oc1ccc(OCCCC2CO2)cc1)c1ccc(-c2ccc(OCCC3CO3)cc2)cc1. The highest BCUT2D eigenvalue weighted by Gasteiger charge is 2.22. The largest absolute Gasteiger partial charge is 0.494 e. The third-order valence-corrected chi connectivity index (χ3v) is 5.79. The fourth-order valence-corrected chi connectivity index (χ4v) is 3.59. The number of hydrogen-bond acceptors (Lipinski definition) is 6. The molecule has 34 heavy (non-hydrogen) atoms. The van der Waals surface area contributed by atoms with E-state index in [-0.39, 0.29) is 0 Å². The molecule has 2 unspecified atom stereocenters. The minimum atomic E-state index is -0.395. The second-order valence-corrected chi connectivity index (χ2v) is 8.50. The minimum absolute atomic E-state index is 0.375. The molecular formula is C28H28O6. The van der Waals surface area contributed by atoms with Gasteiger partial charge in [-0.2, -0.15) is 0 Å². The fraction of sp³-hybridized carbons (Fsp3) is 0.321. The Bertz CT molecular complexity index is 1070. The molecule has 0 N–H and O–H groups in total. The van der Waals surface area contributed by atoms with Gasteiger partial charge in [-0.1, -0.05) is 24.3 Å². The van der Waals surface area contributed by atoms with Gasteiger partial charge in [0.25, 0.3) is 0 Å². The predicted octanol–water partition coefficient (Wildman–Crippen LogP) is 5.30. The average molecular weight is 461 g/mol. The molecule has 2 heterocycles. The quantitative estimate of drug-likeness (QED) is 0.158. The Balaban J connectivity index is 1.10. The van der Waals surface area contributed by atoms with Crippen LogP contribution in [0.15, 0.2) is 72.8 Å². The van der Waals surface area contributed by atoms with Crippen LogP contribution in [0.4, 0.5) is 0 Å². The first-order valence-electron chi connectivity index (χ1n) is 11.7. The Morgan fingerprint density at radius 1 is 0.676 bits per heavy atom. The van der Waals surface area contributed by atoms with Crippen molar-refractivity contribution in [1.29, 1.82) is 0 Å². The van der Waals surface area contributed by atoms with Crippen LogP contribution in [0.1, 0.15) is 29.6 Å². The lowest BCUT2D eigenvalue weighted by atomic mass is 10.0. The van der Waals surface area contributed by atoms with E-state index in [1.54, 1.807) is 24.3 Å². The van der Waals surface area contributed by atoms with Crippen molar-refractivity contribution < 1.29 is 28.5 Å². The molecule has 0 radical (unpaired) electrons. The number of rotatable bonds is 12. The Morgan fingerprint density at radius 2 is 1.18 bits per heavy atom. The van der Waals surface area contributed by atoms with Crippen molar-refractivity contribution in [2.45, 2.75) is 31.5 Å². The first kappa shape index (κ1) is 22.4. The van der Waals surface area contributed by atoms with Gasteiger partial charge in [0, 0.05) is 6.42 Å². The van der Waals surface area contributed by atoms with E-state index >= 15 is 0 Å². The van der Waals surface area contributed by atoms with Gasteiger partial charge >= 0.3 is 5.97 Å². The summed E-state index contributed by atoms with van der Waals surface area (Å²) < 4.78 is 27.3. The second-order valence-electron chi connectivity index (χ2n) is 8.50. The number of benzene rings is 3. The molecule has 2 atom stereocenters. The number of hydrogen-bond donors (Lipinski definition) is 0. The van der Waals surface area contributed by atoms with Crippen LogP contribution in [0.3, 0.4) is 0 Å². The van der Waals surface area contributed by atoms with E-state index in [1.165, 1.54) is 0 Å². The topological polar surface area (TPSA) is 69.8 Å². The van der Waals surface area contributed by atoms with Crippen molar-refractivity contribution in [3.8, 4) is 28.4 Å². The van der Waals surface area contributed by atoms with Gasteiger partial charge in [-0.3, -0.25) is 0 Å². The number of epoxide rings is 2. The molecule has 0 bridgehead atoms. The van der Waals surface area contributed by atoms with E-state index in [2.05, 4.69) is 0 Å². The Labute approximate surface area is 199 Å². The third-order valence-electron chi connectivity index (χ3n) is 5.79. The molecule has 5 rings (SSSR count). The molecule has 3 aromatic rings. The number of carbonyl (C=O) groups excluding carboxylic acids is 1. The standard InChI is InChI=1S/C28H28O6/c29-28(34-25-13-11-24(12-14-25)30-16-1-2-26-18-32-26)22-5-3-20(4-6-22)21-7-9-23(10-8-21)31-17-15-27-19-33-27/h3-14,26-27H,1-2,15-19H2. The maximum absolute atomic E-state index is 12.5. The van der Waals surface area contributed by atoms with Gasteiger partial charge in [0.05, 0.1) is 44.2 Å². The van der Waals surface area contributed by atoms with Crippen LogP contribution < -0.4 is 14.2 Å². The summed E-state index contributed by atoms with van der Waals surface area (Å²) in [6.45, 7) is 3.04. The zero-order chi connectivity index (χ0) is 23.2. The first-order chi connectivity index (χ1) is 16.7. The summed E-state index contributed by atoms with van der Waals surface area (Å²) in [6, 6.07) is 22.4. The third kappa shape index (κ3) is 6.59. The van der Waals surface area contributed by atoms with Crippen molar-refractivity contribution in [2.24, 2.45) is 0 Å². The van der Waals surface area contributed by atoms with E-state index in [0.29, 0.717) is 36.7 Å². The van der Waals surface area contributed by atoms with Crippen molar-refractivity contribution in [1.82, 2.24) is 0 Å². The van der Waals surface area contributed by atoms with Gasteiger partial charge < -0.3 is 23.7 Å². The zero-order valence-electron chi connectivity index (χ0n) is 19.0. The summed E-state index contributed by atoms with van der Waals surface area (Å²) in [5, 5.41) is 0. The van der Waals surface area contributed by atoms with Crippen molar-refractivity contribution in [3.05, 3.63) is 78.4 Å². The van der Waals surface area contributed by atoms with E-state index in [4.69, 9.17) is 23.7 Å². The summed E-state index contributed by atoms with van der Waals surface area (Å²) >= 11 is 0.